The van der Waals surface area contributed by atoms with E-state index in [1.165, 1.54) is 0 Å². The van der Waals surface area contributed by atoms with Gasteiger partial charge in [-0.1, -0.05) is 51.1 Å². The number of fused-ring (bicyclic) bond motifs is 2. The first kappa shape index (κ1) is 26.8. The molecule has 0 aromatic heterocycles. The largest absolute Gasteiger partial charge is 0.465 e. The fourth-order valence-corrected chi connectivity index (χ4v) is 5.80. The van der Waals surface area contributed by atoms with Gasteiger partial charge in [0.25, 0.3) is 0 Å². The topological polar surface area (TPSA) is 125 Å². The highest BCUT2D eigenvalue weighted by atomic mass is 32.2. The Morgan fingerprint density at radius 1 is 1.23 bits per heavy atom. The molecule has 2 fully saturated rings. The van der Waals surface area contributed by atoms with Crippen molar-refractivity contribution in [1.29, 1.82) is 0 Å². The van der Waals surface area contributed by atoms with Gasteiger partial charge in [0.05, 0.1) is 5.41 Å². The summed E-state index contributed by atoms with van der Waals surface area (Å²) in [5, 5.41) is 15.3. The van der Waals surface area contributed by atoms with Gasteiger partial charge in [0.15, 0.2) is 0 Å². The molecule has 4 atom stereocenters. The van der Waals surface area contributed by atoms with Crippen LogP contribution in [-0.2, 0) is 20.9 Å². The highest BCUT2D eigenvalue weighted by Crippen LogP contribution is 2.56. The van der Waals surface area contributed by atoms with E-state index < -0.39 is 46.9 Å². The quantitative estimate of drug-likeness (QED) is 0.493. The fraction of sp³-hybridized carbons (Fsp3) is 0.600. The van der Waals surface area contributed by atoms with Gasteiger partial charge >= 0.3 is 12.2 Å². The van der Waals surface area contributed by atoms with Gasteiger partial charge in [0.2, 0.25) is 11.8 Å². The van der Waals surface area contributed by atoms with Crippen LogP contribution in [0.5, 0.6) is 0 Å². The molecule has 10 heteroatoms. The first-order chi connectivity index (χ1) is 16.5. The maximum Gasteiger partial charge on any atom is 0.414 e. The van der Waals surface area contributed by atoms with Crippen LogP contribution in [0.3, 0.4) is 0 Å². The summed E-state index contributed by atoms with van der Waals surface area (Å²) in [6.45, 7) is 5.80. The highest BCUT2D eigenvalue weighted by molar-refractivity contribution is 7.98. The number of carboxylic acid groups (broad SMARTS) is 1. The molecule has 1 saturated heterocycles. The number of imide groups is 1. The van der Waals surface area contributed by atoms with Gasteiger partial charge in [-0.05, 0) is 48.7 Å². The molecule has 1 saturated carbocycles. The standard InChI is InChI=1S/C25H35N3O6S/c1-24(2,3)25-14-17(28(21(25)30)23(32)33)10-11-19(25)27-20(29)18(12-13-35-4)26-22(31)34-15-16-8-6-5-7-9-16/h5-9,17-19H,10-15H2,1-4H3,(H,26,31)(H,27,29)(H,32,33)/t17-,18+,19+,25-/m1/s1. The first-order valence-electron chi connectivity index (χ1n) is 11.8. The Hall–Kier alpha value is -2.75. The van der Waals surface area contributed by atoms with Crippen molar-refractivity contribution in [3.8, 4) is 0 Å². The number of amides is 4. The molecule has 0 spiro atoms. The number of rotatable bonds is 8. The first-order valence-corrected chi connectivity index (χ1v) is 13.2. The van der Waals surface area contributed by atoms with E-state index >= 15 is 0 Å². The van der Waals surface area contributed by atoms with Crippen LogP contribution >= 0.6 is 11.8 Å². The molecular formula is C25H35N3O6S. The van der Waals surface area contributed by atoms with Crippen molar-refractivity contribution in [2.24, 2.45) is 10.8 Å². The molecule has 4 amide bonds. The van der Waals surface area contributed by atoms with Gasteiger partial charge in [0.1, 0.15) is 12.6 Å². The second-order valence-corrected chi connectivity index (χ2v) is 11.2. The normalized spacial score (nSPS) is 24.6. The van der Waals surface area contributed by atoms with Crippen LogP contribution in [0.1, 0.15) is 52.0 Å². The lowest BCUT2D eigenvalue weighted by molar-refractivity contribution is -0.143. The van der Waals surface area contributed by atoms with E-state index in [4.69, 9.17) is 4.74 Å². The van der Waals surface area contributed by atoms with Gasteiger partial charge in [-0.15, -0.1) is 0 Å². The van der Waals surface area contributed by atoms with Gasteiger partial charge in [-0.2, -0.15) is 11.8 Å². The van der Waals surface area contributed by atoms with Crippen molar-refractivity contribution in [1.82, 2.24) is 15.5 Å². The number of hydrogen-bond acceptors (Lipinski definition) is 6. The average molecular weight is 506 g/mol. The number of carbonyl (C=O) groups excluding carboxylic acids is 3. The smallest absolute Gasteiger partial charge is 0.414 e. The Balaban J connectivity index is 1.74. The van der Waals surface area contributed by atoms with Crippen LogP contribution < -0.4 is 10.6 Å². The SMILES string of the molecule is CSCC[C@H](NC(=O)OCc1ccccc1)C(=O)N[C@H]1CC[C@@H]2C[C@]1(C(C)(C)C)C(=O)N2C(=O)O. The summed E-state index contributed by atoms with van der Waals surface area (Å²) in [4.78, 5) is 52.0. The molecule has 1 aromatic rings. The van der Waals surface area contributed by atoms with Crippen LogP contribution in [-0.4, -0.2) is 64.1 Å². The molecule has 1 aromatic carbocycles. The molecule has 1 aliphatic heterocycles. The van der Waals surface area contributed by atoms with E-state index in [1.807, 2.05) is 57.4 Å². The summed E-state index contributed by atoms with van der Waals surface area (Å²) in [6, 6.07) is 7.48. The number of nitrogens with zero attached hydrogens (tertiary/aromatic N) is 1. The van der Waals surface area contributed by atoms with Crippen LogP contribution in [0, 0.1) is 10.8 Å². The number of likely N-dealkylation sites (tertiary alicyclic amines) is 1. The predicted octanol–water partition coefficient (Wildman–Crippen LogP) is 3.62. The third-order valence-electron chi connectivity index (χ3n) is 7.20. The van der Waals surface area contributed by atoms with E-state index in [1.54, 1.807) is 11.8 Å². The minimum Gasteiger partial charge on any atom is -0.465 e. The molecule has 0 radical (unpaired) electrons. The second-order valence-electron chi connectivity index (χ2n) is 10.2. The number of carbonyl (C=O) groups is 4. The van der Waals surface area contributed by atoms with E-state index in [-0.39, 0.29) is 12.6 Å². The number of alkyl carbamates (subject to hydrolysis) is 1. The minimum absolute atomic E-state index is 0.0835. The third-order valence-corrected chi connectivity index (χ3v) is 7.84. The third kappa shape index (κ3) is 5.58. The summed E-state index contributed by atoms with van der Waals surface area (Å²) < 4.78 is 5.30. The summed E-state index contributed by atoms with van der Waals surface area (Å²) in [5.74, 6) is -0.217. The van der Waals surface area contributed by atoms with Gasteiger partial charge in [-0.3, -0.25) is 9.59 Å². The minimum atomic E-state index is -1.25. The molecular weight excluding hydrogens is 470 g/mol. The van der Waals surface area contributed by atoms with E-state index in [2.05, 4.69) is 10.6 Å². The molecule has 3 N–H and O–H groups in total. The maximum absolute atomic E-state index is 13.4. The van der Waals surface area contributed by atoms with Crippen molar-refractivity contribution in [3.63, 3.8) is 0 Å². The lowest BCUT2D eigenvalue weighted by atomic mass is 9.57. The van der Waals surface area contributed by atoms with Crippen molar-refractivity contribution >= 4 is 35.8 Å². The van der Waals surface area contributed by atoms with Gasteiger partial charge in [0, 0.05) is 12.1 Å². The number of thioether (sulfide) groups is 1. The Bertz CT molecular complexity index is 950. The molecule has 35 heavy (non-hydrogen) atoms. The zero-order valence-corrected chi connectivity index (χ0v) is 21.5. The molecule has 192 valence electrons. The Labute approximate surface area is 210 Å². The van der Waals surface area contributed by atoms with Crippen LogP contribution in [0.25, 0.3) is 0 Å². The second kappa shape index (κ2) is 10.9. The lowest BCUT2D eigenvalue weighted by Crippen LogP contribution is -2.61. The predicted molar refractivity (Wildman–Crippen MR) is 133 cm³/mol. The zero-order valence-electron chi connectivity index (χ0n) is 20.7. The number of ether oxygens (including phenoxy) is 1. The summed E-state index contributed by atoms with van der Waals surface area (Å²) in [7, 11) is 0. The molecule has 2 bridgehead atoms. The van der Waals surface area contributed by atoms with E-state index in [0.717, 1.165) is 10.5 Å². The lowest BCUT2D eigenvalue weighted by Gasteiger charge is -2.47. The van der Waals surface area contributed by atoms with Gasteiger partial charge < -0.3 is 20.5 Å². The summed E-state index contributed by atoms with van der Waals surface area (Å²) in [5.41, 5.74) is -0.789. The van der Waals surface area contributed by atoms with Crippen molar-refractivity contribution < 1.29 is 29.0 Å². The van der Waals surface area contributed by atoms with Crippen molar-refractivity contribution in [3.05, 3.63) is 35.9 Å². The molecule has 9 nitrogen and oxygen atoms in total. The van der Waals surface area contributed by atoms with E-state index in [9.17, 15) is 24.3 Å². The average Bonchev–Trinajstić information content (AvgIpc) is 3.06. The number of hydrogen-bond donors (Lipinski definition) is 3. The summed E-state index contributed by atoms with van der Waals surface area (Å²) in [6.07, 6.45) is 1.70. The number of nitrogens with one attached hydrogen (secondary N) is 2. The maximum atomic E-state index is 13.4. The van der Waals surface area contributed by atoms with Crippen LogP contribution in [0.2, 0.25) is 0 Å². The Morgan fingerprint density at radius 3 is 2.51 bits per heavy atom. The fourth-order valence-electron chi connectivity index (χ4n) is 5.33. The Kier molecular flexibility index (Phi) is 8.35. The Morgan fingerprint density at radius 2 is 1.91 bits per heavy atom. The molecule has 0 unspecified atom stereocenters. The highest BCUT2D eigenvalue weighted by Gasteiger charge is 2.65. The molecule has 2 aliphatic rings. The van der Waals surface area contributed by atoms with Gasteiger partial charge in [-0.25, -0.2) is 14.5 Å². The molecule has 1 aliphatic carbocycles. The van der Waals surface area contributed by atoms with Crippen LogP contribution in [0.15, 0.2) is 30.3 Å². The van der Waals surface area contributed by atoms with E-state index in [0.29, 0.717) is 31.4 Å². The van der Waals surface area contributed by atoms with Crippen molar-refractivity contribution in [2.45, 2.75) is 71.2 Å². The summed E-state index contributed by atoms with van der Waals surface area (Å²) >= 11 is 1.55. The molecule has 3 rings (SSSR count). The van der Waals surface area contributed by atoms with Crippen molar-refractivity contribution in [2.75, 3.05) is 12.0 Å². The molecule has 1 heterocycles. The monoisotopic (exact) mass is 505 g/mol. The number of benzene rings is 1. The van der Waals surface area contributed by atoms with Crippen LogP contribution in [0.4, 0.5) is 9.59 Å². The zero-order chi connectivity index (χ0) is 25.8.